The summed E-state index contributed by atoms with van der Waals surface area (Å²) < 4.78 is 26.2. The van der Waals surface area contributed by atoms with Gasteiger partial charge in [0.15, 0.2) is 5.65 Å². The van der Waals surface area contributed by atoms with Gasteiger partial charge in [-0.25, -0.2) is 18.7 Å². The third kappa shape index (κ3) is 4.62. The molecule has 0 saturated heterocycles. The SMILES string of the molecule is CCOC(=O)c1cnn2ccc(N[C@H](C)c3cc(F)ccc3O[C@@H](C)CN)nc12. The van der Waals surface area contributed by atoms with E-state index in [0.717, 1.165) is 0 Å². The van der Waals surface area contributed by atoms with Gasteiger partial charge in [0.2, 0.25) is 0 Å². The molecule has 9 heteroatoms. The minimum Gasteiger partial charge on any atom is -0.489 e. The van der Waals surface area contributed by atoms with Crippen molar-refractivity contribution in [3.8, 4) is 5.75 Å². The van der Waals surface area contributed by atoms with Crippen LogP contribution >= 0.6 is 0 Å². The summed E-state index contributed by atoms with van der Waals surface area (Å²) in [6.07, 6.45) is 2.89. The minimum absolute atomic E-state index is 0.209. The van der Waals surface area contributed by atoms with Crippen molar-refractivity contribution >= 4 is 17.4 Å². The second-order valence-electron chi connectivity index (χ2n) is 6.57. The molecule has 0 fully saturated rings. The molecule has 2 heterocycles. The highest BCUT2D eigenvalue weighted by atomic mass is 19.1. The maximum absolute atomic E-state index is 13.9. The van der Waals surface area contributed by atoms with Gasteiger partial charge < -0.3 is 20.5 Å². The Labute approximate surface area is 167 Å². The zero-order valence-corrected chi connectivity index (χ0v) is 16.6. The molecular formula is C20H24FN5O3. The summed E-state index contributed by atoms with van der Waals surface area (Å²) in [4.78, 5) is 16.6. The van der Waals surface area contributed by atoms with E-state index in [2.05, 4.69) is 15.4 Å². The largest absolute Gasteiger partial charge is 0.489 e. The Morgan fingerprint density at radius 3 is 2.86 bits per heavy atom. The standard InChI is InChI=1S/C20H24FN5O3/c1-4-28-20(27)16-11-23-26-8-7-18(25-19(16)26)24-13(3)15-9-14(21)5-6-17(15)29-12(2)10-22/h5-9,11-13H,4,10,22H2,1-3H3,(H,24,25)/t12-,13+/m0/s1. The van der Waals surface area contributed by atoms with Crippen molar-refractivity contribution in [2.75, 3.05) is 18.5 Å². The first-order valence-corrected chi connectivity index (χ1v) is 9.37. The number of aromatic nitrogens is 3. The fourth-order valence-corrected chi connectivity index (χ4v) is 2.83. The van der Waals surface area contributed by atoms with Crippen LogP contribution in [0.5, 0.6) is 5.75 Å². The van der Waals surface area contributed by atoms with Gasteiger partial charge in [0.05, 0.1) is 18.8 Å². The number of anilines is 1. The van der Waals surface area contributed by atoms with Gasteiger partial charge in [-0.05, 0) is 45.0 Å². The van der Waals surface area contributed by atoms with E-state index in [9.17, 15) is 9.18 Å². The van der Waals surface area contributed by atoms with Crippen LogP contribution in [0, 0.1) is 5.82 Å². The molecule has 2 atom stereocenters. The predicted molar refractivity (Wildman–Crippen MR) is 107 cm³/mol. The first kappa shape index (κ1) is 20.5. The van der Waals surface area contributed by atoms with E-state index in [0.29, 0.717) is 29.3 Å². The van der Waals surface area contributed by atoms with Crippen LogP contribution in [0.25, 0.3) is 5.65 Å². The van der Waals surface area contributed by atoms with E-state index >= 15 is 0 Å². The minimum atomic E-state index is -0.489. The number of fused-ring (bicyclic) bond motifs is 1. The highest BCUT2D eigenvalue weighted by molar-refractivity contribution is 5.95. The van der Waals surface area contributed by atoms with Gasteiger partial charge in [-0.1, -0.05) is 0 Å². The Morgan fingerprint density at radius 2 is 2.14 bits per heavy atom. The number of nitrogens with zero attached hydrogens (tertiary/aromatic N) is 3. The molecule has 3 aromatic rings. The van der Waals surface area contributed by atoms with Gasteiger partial charge in [0, 0.05) is 18.3 Å². The Bertz CT molecular complexity index is 1010. The van der Waals surface area contributed by atoms with E-state index < -0.39 is 5.97 Å². The van der Waals surface area contributed by atoms with Crippen LogP contribution < -0.4 is 15.8 Å². The van der Waals surface area contributed by atoms with Crippen molar-refractivity contribution < 1.29 is 18.7 Å². The third-order valence-electron chi connectivity index (χ3n) is 4.33. The summed E-state index contributed by atoms with van der Waals surface area (Å²) in [5.74, 6) is 0.183. The van der Waals surface area contributed by atoms with Crippen molar-refractivity contribution in [3.05, 3.63) is 53.6 Å². The Balaban J connectivity index is 1.88. The lowest BCUT2D eigenvalue weighted by atomic mass is 10.1. The first-order valence-electron chi connectivity index (χ1n) is 9.37. The number of hydrogen-bond donors (Lipinski definition) is 2. The molecule has 0 aliphatic heterocycles. The van der Waals surface area contributed by atoms with Crippen molar-refractivity contribution in [2.45, 2.75) is 32.9 Å². The number of carbonyl (C=O) groups is 1. The lowest BCUT2D eigenvalue weighted by molar-refractivity contribution is 0.0528. The highest BCUT2D eigenvalue weighted by Gasteiger charge is 2.18. The molecule has 0 saturated carbocycles. The number of esters is 1. The summed E-state index contributed by atoms with van der Waals surface area (Å²) in [5.41, 5.74) is 6.90. The molecule has 8 nitrogen and oxygen atoms in total. The Hall–Kier alpha value is -3.20. The van der Waals surface area contributed by atoms with Gasteiger partial charge in [-0.15, -0.1) is 0 Å². The van der Waals surface area contributed by atoms with Crippen LogP contribution in [0.15, 0.2) is 36.7 Å². The predicted octanol–water partition coefficient (Wildman–Crippen LogP) is 2.94. The topological polar surface area (TPSA) is 104 Å². The summed E-state index contributed by atoms with van der Waals surface area (Å²) in [5, 5.41) is 7.33. The van der Waals surface area contributed by atoms with Gasteiger partial charge >= 0.3 is 5.97 Å². The van der Waals surface area contributed by atoms with Crippen LogP contribution in [0.1, 0.15) is 42.7 Å². The smallest absolute Gasteiger partial charge is 0.343 e. The molecule has 0 spiro atoms. The van der Waals surface area contributed by atoms with Gasteiger partial charge in [0.1, 0.15) is 29.1 Å². The third-order valence-corrected chi connectivity index (χ3v) is 4.33. The second-order valence-corrected chi connectivity index (χ2v) is 6.57. The van der Waals surface area contributed by atoms with Crippen LogP contribution in [-0.2, 0) is 4.74 Å². The van der Waals surface area contributed by atoms with E-state index in [4.69, 9.17) is 15.2 Å². The maximum Gasteiger partial charge on any atom is 0.343 e. The number of nitrogens with one attached hydrogen (secondary N) is 1. The van der Waals surface area contributed by atoms with E-state index in [1.807, 2.05) is 13.8 Å². The molecule has 29 heavy (non-hydrogen) atoms. The van der Waals surface area contributed by atoms with Crippen molar-refractivity contribution in [2.24, 2.45) is 5.73 Å². The molecule has 0 radical (unpaired) electrons. The maximum atomic E-state index is 13.9. The molecular weight excluding hydrogens is 377 g/mol. The Kier molecular flexibility index (Phi) is 6.28. The molecule has 2 aromatic heterocycles. The molecule has 0 bridgehead atoms. The first-order chi connectivity index (χ1) is 13.9. The van der Waals surface area contributed by atoms with Crippen molar-refractivity contribution in [3.63, 3.8) is 0 Å². The van der Waals surface area contributed by atoms with Crippen LogP contribution in [-0.4, -0.2) is 39.8 Å². The summed E-state index contributed by atoms with van der Waals surface area (Å²) in [6, 6.07) is 5.73. The molecule has 3 N–H and O–H groups in total. The molecule has 0 aliphatic rings. The van der Waals surface area contributed by atoms with Gasteiger partial charge in [0.25, 0.3) is 0 Å². The number of nitrogens with two attached hydrogens (primary N) is 1. The fraction of sp³-hybridized carbons (Fsp3) is 0.350. The highest BCUT2D eigenvalue weighted by Crippen LogP contribution is 2.29. The zero-order chi connectivity index (χ0) is 21.0. The lowest BCUT2D eigenvalue weighted by Crippen LogP contribution is -2.24. The number of rotatable bonds is 8. The number of carbonyl (C=O) groups excluding carboxylic acids is 1. The number of hydrogen-bond acceptors (Lipinski definition) is 7. The quantitative estimate of drug-likeness (QED) is 0.559. The van der Waals surface area contributed by atoms with Gasteiger partial charge in [-0.3, -0.25) is 0 Å². The lowest BCUT2D eigenvalue weighted by Gasteiger charge is -2.21. The fourth-order valence-electron chi connectivity index (χ4n) is 2.83. The van der Waals surface area contributed by atoms with Crippen LogP contribution in [0.3, 0.4) is 0 Å². The van der Waals surface area contributed by atoms with E-state index in [1.165, 1.54) is 22.8 Å². The summed E-state index contributed by atoms with van der Waals surface area (Å²) in [7, 11) is 0. The average Bonchev–Trinajstić information content (AvgIpc) is 3.12. The van der Waals surface area contributed by atoms with Crippen LogP contribution in [0.4, 0.5) is 10.2 Å². The molecule has 0 amide bonds. The number of ether oxygens (including phenoxy) is 2. The van der Waals surface area contributed by atoms with E-state index in [1.54, 1.807) is 25.3 Å². The Morgan fingerprint density at radius 1 is 1.34 bits per heavy atom. The average molecular weight is 401 g/mol. The van der Waals surface area contributed by atoms with Gasteiger partial charge in [-0.2, -0.15) is 5.10 Å². The monoisotopic (exact) mass is 401 g/mol. The molecule has 0 aliphatic carbocycles. The summed E-state index contributed by atoms with van der Waals surface area (Å²) >= 11 is 0. The molecule has 3 rings (SSSR count). The molecule has 154 valence electrons. The van der Waals surface area contributed by atoms with E-state index in [-0.39, 0.29) is 30.1 Å². The zero-order valence-electron chi connectivity index (χ0n) is 16.6. The normalized spacial score (nSPS) is 13.1. The number of benzene rings is 1. The summed E-state index contributed by atoms with van der Waals surface area (Å²) in [6.45, 7) is 6.04. The second kappa shape index (κ2) is 8.87. The van der Waals surface area contributed by atoms with Crippen molar-refractivity contribution in [1.82, 2.24) is 14.6 Å². The number of halogens is 1. The molecule has 1 aromatic carbocycles. The van der Waals surface area contributed by atoms with Crippen molar-refractivity contribution in [1.29, 1.82) is 0 Å². The van der Waals surface area contributed by atoms with Crippen LogP contribution in [0.2, 0.25) is 0 Å². The molecule has 0 unspecified atom stereocenters.